The number of halogens is 4. The molecule has 0 saturated heterocycles. The van der Waals surface area contributed by atoms with E-state index >= 15 is 0 Å². The van der Waals surface area contributed by atoms with Crippen LogP contribution in [-0.4, -0.2) is 34.4 Å². The van der Waals surface area contributed by atoms with Gasteiger partial charge in [0.05, 0.1) is 6.10 Å². The van der Waals surface area contributed by atoms with Crippen LogP contribution in [0.3, 0.4) is 0 Å². The summed E-state index contributed by atoms with van der Waals surface area (Å²) in [7, 11) is 0. The van der Waals surface area contributed by atoms with E-state index in [1.807, 2.05) is 13.8 Å². The highest BCUT2D eigenvalue weighted by atomic mass is 35.5. The largest absolute Gasteiger partial charge is 0.471 e. The van der Waals surface area contributed by atoms with Gasteiger partial charge in [0.2, 0.25) is 0 Å². The summed E-state index contributed by atoms with van der Waals surface area (Å²) in [5.41, 5.74) is -0.281. The molecule has 3 N–H and O–H groups in total. The molecular formula is C20H25ClF3NO3. The van der Waals surface area contributed by atoms with Gasteiger partial charge in [-0.1, -0.05) is 50.1 Å². The van der Waals surface area contributed by atoms with E-state index < -0.39 is 23.8 Å². The second-order valence-corrected chi connectivity index (χ2v) is 6.98. The van der Waals surface area contributed by atoms with Gasteiger partial charge in [-0.2, -0.15) is 13.2 Å². The molecule has 1 rings (SSSR count). The molecule has 1 unspecified atom stereocenters. The summed E-state index contributed by atoms with van der Waals surface area (Å²) in [6.07, 6.45) is -3.65. The van der Waals surface area contributed by atoms with Crippen LogP contribution >= 0.6 is 11.6 Å². The number of alkyl halides is 3. The number of hydrogen-bond acceptors (Lipinski definition) is 3. The maximum atomic E-state index is 12.2. The molecule has 1 aromatic rings. The highest BCUT2D eigenvalue weighted by molar-refractivity contribution is 6.31. The molecule has 1 amide bonds. The minimum absolute atomic E-state index is 0.145. The second kappa shape index (κ2) is 10.7. The Morgan fingerprint density at radius 3 is 2.39 bits per heavy atom. The second-order valence-electron chi connectivity index (χ2n) is 6.58. The predicted octanol–water partition coefficient (Wildman–Crippen LogP) is 4.12. The van der Waals surface area contributed by atoms with Crippen molar-refractivity contribution in [2.45, 2.75) is 63.8 Å². The Morgan fingerprint density at radius 1 is 1.25 bits per heavy atom. The predicted molar refractivity (Wildman–Crippen MR) is 102 cm³/mol. The van der Waals surface area contributed by atoms with Gasteiger partial charge in [-0.25, -0.2) is 0 Å². The summed E-state index contributed by atoms with van der Waals surface area (Å²) >= 11 is 6.07. The lowest BCUT2D eigenvalue weighted by atomic mass is 9.93. The van der Waals surface area contributed by atoms with Crippen LogP contribution in [-0.2, 0) is 4.79 Å². The smallest absolute Gasteiger partial charge is 0.388 e. The fourth-order valence-corrected chi connectivity index (χ4v) is 2.96. The molecule has 0 saturated carbocycles. The average molecular weight is 420 g/mol. The third-order valence-electron chi connectivity index (χ3n) is 4.08. The van der Waals surface area contributed by atoms with Crippen LogP contribution in [0.15, 0.2) is 18.2 Å². The number of hydrogen-bond donors (Lipinski definition) is 3. The molecule has 0 spiro atoms. The van der Waals surface area contributed by atoms with Crippen molar-refractivity contribution < 1.29 is 28.2 Å². The lowest BCUT2D eigenvalue weighted by molar-refractivity contribution is -0.173. The number of nitrogens with one attached hydrogen (secondary N) is 1. The minimum atomic E-state index is -4.97. The summed E-state index contributed by atoms with van der Waals surface area (Å²) in [5, 5.41) is 22.7. The van der Waals surface area contributed by atoms with Crippen molar-refractivity contribution in [3.8, 4) is 11.8 Å². The zero-order chi connectivity index (χ0) is 21.4. The average Bonchev–Trinajstić information content (AvgIpc) is 2.60. The standard InChI is InChI=1S/C20H25ClF3NO3/c1-3-9-19(28,10-4-2)11-7-14-5-6-16(21)15(13-14)17(26)8-12-25-18(27)20(22,23)24/h5-6,13,17,26,28H,3-4,8-10,12H2,1-2H3,(H,25,27). The molecule has 0 heterocycles. The first-order chi connectivity index (χ1) is 13.0. The van der Waals surface area contributed by atoms with E-state index in [2.05, 4.69) is 11.8 Å². The van der Waals surface area contributed by atoms with E-state index in [-0.39, 0.29) is 18.0 Å². The topological polar surface area (TPSA) is 69.6 Å². The summed E-state index contributed by atoms with van der Waals surface area (Å²) in [4.78, 5) is 10.8. The molecule has 1 aromatic carbocycles. The van der Waals surface area contributed by atoms with Gasteiger partial charge in [0, 0.05) is 22.7 Å². The van der Waals surface area contributed by atoms with Gasteiger partial charge in [0.25, 0.3) is 0 Å². The van der Waals surface area contributed by atoms with Gasteiger partial charge < -0.3 is 15.5 Å². The fraction of sp³-hybridized carbons (Fsp3) is 0.550. The highest BCUT2D eigenvalue weighted by Crippen LogP contribution is 2.26. The van der Waals surface area contributed by atoms with Gasteiger partial charge >= 0.3 is 12.1 Å². The molecular weight excluding hydrogens is 395 g/mol. The number of rotatable bonds is 8. The van der Waals surface area contributed by atoms with Gasteiger partial charge in [-0.3, -0.25) is 4.79 Å². The fourth-order valence-electron chi connectivity index (χ4n) is 2.72. The Bertz CT molecular complexity index is 720. The van der Waals surface area contributed by atoms with Crippen LogP contribution in [0.2, 0.25) is 5.02 Å². The summed E-state index contributed by atoms with van der Waals surface area (Å²) in [6, 6.07) is 4.69. The monoisotopic (exact) mass is 419 g/mol. The van der Waals surface area contributed by atoms with Gasteiger partial charge in [-0.15, -0.1) is 0 Å². The molecule has 28 heavy (non-hydrogen) atoms. The van der Waals surface area contributed by atoms with Crippen molar-refractivity contribution in [2.24, 2.45) is 0 Å². The summed E-state index contributed by atoms with van der Waals surface area (Å²) in [6.45, 7) is 3.55. The first-order valence-corrected chi connectivity index (χ1v) is 9.48. The molecule has 0 fully saturated rings. The Labute approximate surface area is 168 Å². The van der Waals surface area contributed by atoms with E-state index in [0.29, 0.717) is 24.0 Å². The Kier molecular flexibility index (Phi) is 9.28. The minimum Gasteiger partial charge on any atom is -0.388 e. The zero-order valence-electron chi connectivity index (χ0n) is 15.9. The highest BCUT2D eigenvalue weighted by Gasteiger charge is 2.38. The lowest BCUT2D eigenvalue weighted by Crippen LogP contribution is -2.37. The molecule has 8 heteroatoms. The first kappa shape index (κ1) is 24.3. The van der Waals surface area contributed by atoms with Crippen LogP contribution in [0.1, 0.15) is 63.2 Å². The van der Waals surface area contributed by atoms with Crippen LogP contribution in [0, 0.1) is 11.8 Å². The molecule has 0 radical (unpaired) electrons. The van der Waals surface area contributed by atoms with Gasteiger partial charge in [-0.05, 0) is 37.5 Å². The van der Waals surface area contributed by atoms with Gasteiger partial charge in [0.1, 0.15) is 5.60 Å². The molecule has 1 atom stereocenters. The maximum Gasteiger partial charge on any atom is 0.471 e. The number of carbonyl (C=O) groups excluding carboxylic acids is 1. The number of carbonyl (C=O) groups is 1. The normalized spacial score (nSPS) is 12.9. The lowest BCUT2D eigenvalue weighted by Gasteiger charge is -2.20. The maximum absolute atomic E-state index is 12.2. The van der Waals surface area contributed by atoms with E-state index in [9.17, 15) is 28.2 Å². The van der Waals surface area contributed by atoms with E-state index in [0.717, 1.165) is 12.8 Å². The van der Waals surface area contributed by atoms with Crippen molar-refractivity contribution in [1.82, 2.24) is 5.32 Å². The molecule has 0 aliphatic carbocycles. The summed E-state index contributed by atoms with van der Waals surface area (Å²) < 4.78 is 36.5. The molecule has 4 nitrogen and oxygen atoms in total. The molecule has 0 aliphatic heterocycles. The van der Waals surface area contributed by atoms with Crippen molar-refractivity contribution in [1.29, 1.82) is 0 Å². The van der Waals surface area contributed by atoms with E-state index in [1.54, 1.807) is 11.4 Å². The number of amides is 1. The Balaban J connectivity index is 2.88. The van der Waals surface area contributed by atoms with E-state index in [4.69, 9.17) is 11.6 Å². The van der Waals surface area contributed by atoms with E-state index in [1.165, 1.54) is 12.1 Å². The van der Waals surface area contributed by atoms with Crippen LogP contribution in [0.5, 0.6) is 0 Å². The number of aliphatic hydroxyl groups is 2. The summed E-state index contributed by atoms with van der Waals surface area (Å²) in [5.74, 6) is 3.70. The van der Waals surface area contributed by atoms with Crippen LogP contribution in [0.25, 0.3) is 0 Å². The van der Waals surface area contributed by atoms with Gasteiger partial charge in [0.15, 0.2) is 0 Å². The Morgan fingerprint density at radius 2 is 1.86 bits per heavy atom. The third kappa shape index (κ3) is 7.70. The number of aliphatic hydroxyl groups excluding tert-OH is 1. The molecule has 0 aliphatic rings. The quantitative estimate of drug-likeness (QED) is 0.555. The molecule has 156 valence electrons. The zero-order valence-corrected chi connectivity index (χ0v) is 16.6. The number of benzene rings is 1. The SMILES string of the molecule is CCCC(O)(C#Cc1ccc(Cl)c(C(O)CCNC(=O)C(F)(F)F)c1)CCC. The molecule has 0 bridgehead atoms. The van der Waals surface area contributed by atoms with Crippen molar-refractivity contribution in [3.63, 3.8) is 0 Å². The third-order valence-corrected chi connectivity index (χ3v) is 4.43. The van der Waals surface area contributed by atoms with Crippen LogP contribution < -0.4 is 5.32 Å². The van der Waals surface area contributed by atoms with Crippen molar-refractivity contribution in [2.75, 3.05) is 6.54 Å². The van der Waals surface area contributed by atoms with Crippen LogP contribution in [0.4, 0.5) is 13.2 Å². The van der Waals surface area contributed by atoms with Crippen molar-refractivity contribution >= 4 is 17.5 Å². The van der Waals surface area contributed by atoms with Crippen molar-refractivity contribution in [3.05, 3.63) is 34.3 Å². The first-order valence-electron chi connectivity index (χ1n) is 9.10. The molecule has 0 aromatic heterocycles. The Hall–Kier alpha value is -1.75.